The Morgan fingerprint density at radius 2 is 1.65 bits per heavy atom. The average Bonchev–Trinajstić information content (AvgIpc) is 2.83. The second-order valence-corrected chi connectivity index (χ2v) is 7.71. The third kappa shape index (κ3) is 3.75. The van der Waals surface area contributed by atoms with E-state index in [9.17, 15) is 9.18 Å². The third-order valence-electron chi connectivity index (χ3n) is 5.87. The lowest BCUT2D eigenvalue weighted by molar-refractivity contribution is 0.0749. The zero-order chi connectivity index (χ0) is 21.2. The van der Waals surface area contributed by atoms with E-state index in [1.54, 1.807) is 12.3 Å². The molecule has 0 spiro atoms. The van der Waals surface area contributed by atoms with Crippen molar-refractivity contribution in [2.24, 2.45) is 0 Å². The maximum atomic E-state index is 13.8. The zero-order valence-electron chi connectivity index (χ0n) is 17.0. The van der Waals surface area contributed by atoms with Gasteiger partial charge in [-0.1, -0.05) is 42.5 Å². The molecule has 0 radical (unpaired) electrons. The molecule has 3 aromatic carbocycles. The predicted octanol–water partition coefficient (Wildman–Crippen LogP) is 5.00. The minimum absolute atomic E-state index is 0.0350. The van der Waals surface area contributed by atoms with Crippen LogP contribution >= 0.6 is 0 Å². The molecule has 1 amide bonds. The summed E-state index contributed by atoms with van der Waals surface area (Å²) in [5.74, 6) is -0.235. The highest BCUT2D eigenvalue weighted by Gasteiger charge is 2.24. The van der Waals surface area contributed by atoms with E-state index in [0.717, 1.165) is 40.7 Å². The van der Waals surface area contributed by atoms with Crippen LogP contribution in [-0.2, 0) is 0 Å². The molecule has 1 aliphatic heterocycles. The number of halogens is 1. The van der Waals surface area contributed by atoms with Gasteiger partial charge in [-0.2, -0.15) is 0 Å². The molecule has 0 atom stereocenters. The van der Waals surface area contributed by atoms with Crippen LogP contribution in [0.3, 0.4) is 0 Å². The quantitative estimate of drug-likeness (QED) is 0.476. The first kappa shape index (κ1) is 19.2. The Morgan fingerprint density at radius 3 is 2.39 bits per heavy atom. The van der Waals surface area contributed by atoms with E-state index >= 15 is 0 Å². The van der Waals surface area contributed by atoms with Gasteiger partial charge in [0.05, 0.1) is 11.9 Å². The zero-order valence-corrected chi connectivity index (χ0v) is 17.0. The highest BCUT2D eigenvalue weighted by molar-refractivity contribution is 6.11. The average molecular weight is 411 g/mol. The number of hydrogen-bond acceptors (Lipinski definition) is 3. The van der Waals surface area contributed by atoms with Crippen molar-refractivity contribution in [1.29, 1.82) is 0 Å². The first-order valence-electron chi connectivity index (χ1n) is 10.4. The minimum atomic E-state index is -0.270. The molecule has 0 N–H and O–H groups in total. The van der Waals surface area contributed by atoms with E-state index in [-0.39, 0.29) is 11.7 Å². The fourth-order valence-electron chi connectivity index (χ4n) is 4.27. The molecule has 154 valence electrons. The maximum Gasteiger partial charge on any atom is 0.254 e. The first-order chi connectivity index (χ1) is 15.2. The number of fused-ring (bicyclic) bond motifs is 1. The minimum Gasteiger partial charge on any atom is -0.367 e. The van der Waals surface area contributed by atoms with Crippen LogP contribution in [0.1, 0.15) is 10.4 Å². The number of piperazine rings is 1. The molecule has 0 unspecified atom stereocenters. The van der Waals surface area contributed by atoms with Crippen LogP contribution in [0.4, 0.5) is 10.1 Å². The Balaban J connectivity index is 1.43. The number of nitrogens with zero attached hydrogens (tertiary/aromatic N) is 3. The van der Waals surface area contributed by atoms with Crippen LogP contribution < -0.4 is 4.90 Å². The van der Waals surface area contributed by atoms with E-state index < -0.39 is 0 Å². The van der Waals surface area contributed by atoms with E-state index in [2.05, 4.69) is 9.88 Å². The van der Waals surface area contributed by atoms with Crippen LogP contribution in [0, 0.1) is 5.82 Å². The molecule has 5 heteroatoms. The van der Waals surface area contributed by atoms with Crippen molar-refractivity contribution in [3.8, 4) is 11.1 Å². The van der Waals surface area contributed by atoms with Gasteiger partial charge in [-0.25, -0.2) is 4.39 Å². The second-order valence-electron chi connectivity index (χ2n) is 7.71. The van der Waals surface area contributed by atoms with Gasteiger partial charge in [0.15, 0.2) is 0 Å². The molecular weight excluding hydrogens is 389 g/mol. The molecule has 2 heterocycles. The SMILES string of the molecule is O=C(c1ccc(-c2cccc(F)c2)c2ccccc12)N1CCN(c2cccnc2)CC1. The van der Waals surface area contributed by atoms with E-state index in [1.165, 1.54) is 12.1 Å². The van der Waals surface area contributed by atoms with Crippen molar-refractivity contribution < 1.29 is 9.18 Å². The summed E-state index contributed by atoms with van der Waals surface area (Å²) in [6.07, 6.45) is 3.62. The number of hydrogen-bond donors (Lipinski definition) is 0. The third-order valence-corrected chi connectivity index (χ3v) is 5.87. The number of benzene rings is 3. The molecule has 1 aromatic heterocycles. The molecule has 1 saturated heterocycles. The van der Waals surface area contributed by atoms with E-state index in [0.29, 0.717) is 18.7 Å². The normalized spacial score (nSPS) is 14.1. The molecule has 4 nitrogen and oxygen atoms in total. The largest absolute Gasteiger partial charge is 0.367 e. The van der Waals surface area contributed by atoms with E-state index in [1.807, 2.05) is 65.7 Å². The lowest BCUT2D eigenvalue weighted by atomic mass is 9.94. The van der Waals surface area contributed by atoms with Gasteiger partial charge in [0.1, 0.15) is 5.82 Å². The van der Waals surface area contributed by atoms with Gasteiger partial charge in [-0.3, -0.25) is 9.78 Å². The lowest BCUT2D eigenvalue weighted by Crippen LogP contribution is -2.48. The number of rotatable bonds is 3. The van der Waals surface area contributed by atoms with Gasteiger partial charge in [0, 0.05) is 37.9 Å². The Morgan fingerprint density at radius 1 is 0.839 bits per heavy atom. The van der Waals surface area contributed by atoms with Crippen LogP contribution in [0.5, 0.6) is 0 Å². The Bertz CT molecular complexity index is 1230. The standard InChI is InChI=1S/C26H22FN3O/c27-20-6-3-5-19(17-20)22-10-11-25(24-9-2-1-8-23(22)24)26(31)30-15-13-29(14-16-30)21-7-4-12-28-18-21/h1-12,17-18H,13-16H2. The number of carbonyl (C=O) groups excluding carboxylic acids is 1. The predicted molar refractivity (Wildman–Crippen MR) is 122 cm³/mol. The number of amides is 1. The smallest absolute Gasteiger partial charge is 0.254 e. The molecule has 1 fully saturated rings. The summed E-state index contributed by atoms with van der Waals surface area (Å²) in [6.45, 7) is 2.87. The van der Waals surface area contributed by atoms with Crippen molar-refractivity contribution in [1.82, 2.24) is 9.88 Å². The number of anilines is 1. The highest BCUT2D eigenvalue weighted by Crippen LogP contribution is 2.32. The molecule has 0 aliphatic carbocycles. The molecule has 5 rings (SSSR count). The topological polar surface area (TPSA) is 36.4 Å². The van der Waals surface area contributed by atoms with Crippen molar-refractivity contribution >= 4 is 22.4 Å². The Hall–Kier alpha value is -3.73. The van der Waals surface area contributed by atoms with Crippen LogP contribution in [-0.4, -0.2) is 42.0 Å². The van der Waals surface area contributed by atoms with Gasteiger partial charge >= 0.3 is 0 Å². The summed E-state index contributed by atoms with van der Waals surface area (Å²) in [7, 11) is 0. The highest BCUT2D eigenvalue weighted by atomic mass is 19.1. The maximum absolute atomic E-state index is 13.8. The number of pyridine rings is 1. The van der Waals surface area contributed by atoms with Crippen LogP contribution in [0.15, 0.2) is 85.2 Å². The number of aromatic nitrogens is 1. The van der Waals surface area contributed by atoms with Crippen LogP contribution in [0.25, 0.3) is 21.9 Å². The molecule has 31 heavy (non-hydrogen) atoms. The summed E-state index contributed by atoms with van der Waals surface area (Å²) < 4.78 is 13.8. The summed E-state index contributed by atoms with van der Waals surface area (Å²) in [6, 6.07) is 22.2. The second kappa shape index (κ2) is 8.19. The summed E-state index contributed by atoms with van der Waals surface area (Å²) >= 11 is 0. The lowest BCUT2D eigenvalue weighted by Gasteiger charge is -2.36. The molecule has 4 aromatic rings. The fourth-order valence-corrected chi connectivity index (χ4v) is 4.27. The van der Waals surface area contributed by atoms with Crippen molar-refractivity contribution in [2.75, 3.05) is 31.1 Å². The summed E-state index contributed by atoms with van der Waals surface area (Å²) in [5, 5.41) is 1.84. The van der Waals surface area contributed by atoms with Crippen LogP contribution in [0.2, 0.25) is 0 Å². The summed E-state index contributed by atoms with van der Waals surface area (Å²) in [5.41, 5.74) is 3.50. The molecular formula is C26H22FN3O. The molecule has 0 bridgehead atoms. The van der Waals surface area contributed by atoms with Crippen molar-refractivity contribution in [3.63, 3.8) is 0 Å². The van der Waals surface area contributed by atoms with Gasteiger partial charge in [0.2, 0.25) is 0 Å². The Labute approximate surface area is 180 Å². The summed E-state index contributed by atoms with van der Waals surface area (Å²) in [4.78, 5) is 21.7. The monoisotopic (exact) mass is 411 g/mol. The molecule has 1 aliphatic rings. The fraction of sp³-hybridized carbons (Fsp3) is 0.154. The van der Waals surface area contributed by atoms with Crippen molar-refractivity contribution in [3.05, 3.63) is 96.6 Å². The van der Waals surface area contributed by atoms with Gasteiger partial charge in [0.25, 0.3) is 5.91 Å². The van der Waals surface area contributed by atoms with Gasteiger partial charge in [-0.15, -0.1) is 0 Å². The Kier molecular flexibility index (Phi) is 5.08. The van der Waals surface area contributed by atoms with Gasteiger partial charge < -0.3 is 9.80 Å². The number of carbonyl (C=O) groups is 1. The molecule has 0 saturated carbocycles. The van der Waals surface area contributed by atoms with E-state index in [4.69, 9.17) is 0 Å². The van der Waals surface area contributed by atoms with Gasteiger partial charge in [-0.05, 0) is 52.2 Å². The first-order valence-corrected chi connectivity index (χ1v) is 10.4. The van der Waals surface area contributed by atoms with Crippen molar-refractivity contribution in [2.45, 2.75) is 0 Å².